The third kappa shape index (κ3) is 5.00. The number of aryl methyl sites for hydroxylation is 1. The first kappa shape index (κ1) is 23.2. The summed E-state index contributed by atoms with van der Waals surface area (Å²) in [5.74, 6) is -1.39. The summed E-state index contributed by atoms with van der Waals surface area (Å²) < 4.78 is 34.7. The topological polar surface area (TPSA) is 92.7 Å². The Morgan fingerprint density at radius 3 is 2.33 bits per heavy atom. The van der Waals surface area contributed by atoms with Gasteiger partial charge >= 0.3 is 5.97 Å². The van der Waals surface area contributed by atoms with Gasteiger partial charge < -0.3 is 9.84 Å². The Labute approximate surface area is 194 Å². The third-order valence-electron chi connectivity index (χ3n) is 6.05. The van der Waals surface area contributed by atoms with Crippen molar-refractivity contribution in [1.82, 2.24) is 4.72 Å². The van der Waals surface area contributed by atoms with Crippen LogP contribution in [0.4, 0.5) is 0 Å². The number of nitrogens with one attached hydrogen (secondary N) is 1. The molecule has 3 aromatic rings. The maximum atomic E-state index is 13.1. The van der Waals surface area contributed by atoms with E-state index in [9.17, 15) is 18.3 Å². The SMILES string of the molecule is Cc1ccc(S(=O)(=O)N[C@@H]2c3ccccc3C[C@@H]2OC(=O)[C@H](C)[C@H](O)c2ccccc2)cc1. The van der Waals surface area contributed by atoms with Gasteiger partial charge in [0, 0.05) is 6.42 Å². The first-order valence-corrected chi connectivity index (χ1v) is 12.3. The van der Waals surface area contributed by atoms with Crippen LogP contribution in [-0.4, -0.2) is 25.6 Å². The lowest BCUT2D eigenvalue weighted by molar-refractivity contribution is -0.158. The summed E-state index contributed by atoms with van der Waals surface area (Å²) in [4.78, 5) is 13.1. The van der Waals surface area contributed by atoms with E-state index in [1.54, 1.807) is 55.5 Å². The second kappa shape index (κ2) is 9.47. The highest BCUT2D eigenvalue weighted by molar-refractivity contribution is 7.89. The number of esters is 1. The molecule has 3 aromatic carbocycles. The smallest absolute Gasteiger partial charge is 0.312 e. The van der Waals surface area contributed by atoms with Crippen LogP contribution in [0.3, 0.4) is 0 Å². The molecule has 0 spiro atoms. The molecular weight excluding hydrogens is 438 g/mol. The molecule has 0 aliphatic heterocycles. The lowest BCUT2D eigenvalue weighted by Gasteiger charge is -2.25. The lowest BCUT2D eigenvalue weighted by atomic mass is 9.97. The highest BCUT2D eigenvalue weighted by Crippen LogP contribution is 2.35. The fourth-order valence-corrected chi connectivity index (χ4v) is 5.33. The Morgan fingerprint density at radius 1 is 1.00 bits per heavy atom. The molecule has 0 fully saturated rings. The fourth-order valence-electron chi connectivity index (χ4n) is 4.08. The number of rotatable bonds is 7. The summed E-state index contributed by atoms with van der Waals surface area (Å²) in [7, 11) is -3.84. The van der Waals surface area contributed by atoms with Gasteiger partial charge in [0.2, 0.25) is 10.0 Å². The normalized spacial score (nSPS) is 19.5. The minimum atomic E-state index is -3.84. The lowest BCUT2D eigenvalue weighted by Crippen LogP contribution is -2.37. The van der Waals surface area contributed by atoms with Crippen molar-refractivity contribution in [3.05, 3.63) is 101 Å². The molecular formula is C26H27NO5S. The molecule has 4 rings (SSSR count). The van der Waals surface area contributed by atoms with Crippen LogP contribution < -0.4 is 4.72 Å². The molecule has 4 atom stereocenters. The molecule has 0 saturated heterocycles. The standard InChI is InChI=1S/C26H27NO5S/c1-17-12-14-21(15-13-17)33(30,31)27-24-22-11-7-6-10-20(22)16-23(24)32-26(29)18(2)25(28)19-8-4-3-5-9-19/h3-15,18,23-25,27-28H,16H2,1-2H3/t18-,23+,24-,25+/m1/s1. The molecule has 6 nitrogen and oxygen atoms in total. The molecule has 33 heavy (non-hydrogen) atoms. The van der Waals surface area contributed by atoms with E-state index in [0.717, 1.165) is 16.7 Å². The Kier molecular flexibility index (Phi) is 6.65. The second-order valence-electron chi connectivity index (χ2n) is 8.43. The summed E-state index contributed by atoms with van der Waals surface area (Å²) in [5.41, 5.74) is 3.27. The van der Waals surface area contributed by atoms with Crippen LogP contribution in [0.2, 0.25) is 0 Å². The van der Waals surface area contributed by atoms with Gasteiger partial charge in [-0.05, 0) is 42.7 Å². The molecule has 1 aliphatic carbocycles. The number of benzene rings is 3. The van der Waals surface area contributed by atoms with Gasteiger partial charge in [0.05, 0.1) is 23.0 Å². The van der Waals surface area contributed by atoms with E-state index in [1.807, 2.05) is 37.3 Å². The van der Waals surface area contributed by atoms with Crippen molar-refractivity contribution < 1.29 is 23.1 Å². The number of hydrogen-bond acceptors (Lipinski definition) is 5. The maximum absolute atomic E-state index is 13.1. The Morgan fingerprint density at radius 2 is 1.64 bits per heavy atom. The Balaban J connectivity index is 1.55. The van der Waals surface area contributed by atoms with Gasteiger partial charge in [-0.3, -0.25) is 4.79 Å². The highest BCUT2D eigenvalue weighted by atomic mass is 32.2. The van der Waals surface area contributed by atoms with Crippen molar-refractivity contribution in [1.29, 1.82) is 0 Å². The Hall–Kier alpha value is -3.00. The molecule has 0 unspecified atom stereocenters. The number of carbonyl (C=O) groups is 1. The molecule has 0 bridgehead atoms. The second-order valence-corrected chi connectivity index (χ2v) is 10.1. The van der Waals surface area contributed by atoms with Gasteiger partial charge in [0.25, 0.3) is 0 Å². The van der Waals surface area contributed by atoms with E-state index < -0.39 is 40.2 Å². The molecule has 172 valence electrons. The summed E-state index contributed by atoms with van der Waals surface area (Å²) in [6, 6.07) is 22.2. The zero-order valence-corrected chi connectivity index (χ0v) is 19.3. The van der Waals surface area contributed by atoms with Crippen molar-refractivity contribution in [2.45, 2.75) is 43.4 Å². The predicted octanol–water partition coefficient (Wildman–Crippen LogP) is 3.85. The number of fused-ring (bicyclic) bond motifs is 1. The Bertz CT molecular complexity index is 1230. The fraction of sp³-hybridized carbons (Fsp3) is 0.269. The molecule has 0 heterocycles. The first-order chi connectivity index (χ1) is 15.8. The largest absolute Gasteiger partial charge is 0.460 e. The van der Waals surface area contributed by atoms with Gasteiger partial charge in [-0.2, -0.15) is 4.72 Å². The number of aliphatic hydroxyl groups excluding tert-OH is 1. The molecule has 0 radical (unpaired) electrons. The van der Waals surface area contributed by atoms with E-state index >= 15 is 0 Å². The van der Waals surface area contributed by atoms with Crippen molar-refractivity contribution in [3.8, 4) is 0 Å². The zero-order valence-electron chi connectivity index (χ0n) is 18.5. The van der Waals surface area contributed by atoms with Crippen molar-refractivity contribution >= 4 is 16.0 Å². The average molecular weight is 466 g/mol. The first-order valence-electron chi connectivity index (χ1n) is 10.9. The van der Waals surface area contributed by atoms with Gasteiger partial charge in [-0.1, -0.05) is 72.3 Å². The number of hydrogen-bond donors (Lipinski definition) is 2. The minimum Gasteiger partial charge on any atom is -0.460 e. The van der Waals surface area contributed by atoms with Crippen LogP contribution >= 0.6 is 0 Å². The van der Waals surface area contributed by atoms with Crippen LogP contribution in [-0.2, 0) is 26.0 Å². The molecule has 2 N–H and O–H groups in total. The molecule has 7 heteroatoms. The number of sulfonamides is 1. The minimum absolute atomic E-state index is 0.149. The summed E-state index contributed by atoms with van der Waals surface area (Å²) in [6.07, 6.45) is -1.36. The van der Waals surface area contributed by atoms with Crippen LogP contribution in [0.15, 0.2) is 83.8 Å². The summed E-state index contributed by atoms with van der Waals surface area (Å²) >= 11 is 0. The molecule has 0 amide bonds. The van der Waals surface area contributed by atoms with Crippen LogP contribution in [0.25, 0.3) is 0 Å². The monoisotopic (exact) mass is 465 g/mol. The quantitative estimate of drug-likeness (QED) is 0.517. The summed E-state index contributed by atoms with van der Waals surface area (Å²) in [5, 5.41) is 10.6. The van der Waals surface area contributed by atoms with Gasteiger partial charge in [0.15, 0.2) is 0 Å². The number of ether oxygens (including phenoxy) is 1. The van der Waals surface area contributed by atoms with Gasteiger partial charge in [0.1, 0.15) is 6.10 Å². The zero-order chi connectivity index (χ0) is 23.6. The van der Waals surface area contributed by atoms with Crippen LogP contribution in [0.1, 0.15) is 41.3 Å². The van der Waals surface area contributed by atoms with E-state index in [2.05, 4.69) is 4.72 Å². The van der Waals surface area contributed by atoms with Gasteiger partial charge in [-0.15, -0.1) is 0 Å². The number of carbonyl (C=O) groups excluding carboxylic acids is 1. The van der Waals surface area contributed by atoms with Gasteiger partial charge in [-0.25, -0.2) is 8.42 Å². The van der Waals surface area contributed by atoms with Crippen molar-refractivity contribution in [2.75, 3.05) is 0 Å². The van der Waals surface area contributed by atoms with Crippen molar-refractivity contribution in [3.63, 3.8) is 0 Å². The third-order valence-corrected chi connectivity index (χ3v) is 7.51. The molecule has 0 saturated carbocycles. The average Bonchev–Trinajstić information content (AvgIpc) is 3.15. The van der Waals surface area contributed by atoms with E-state index in [1.165, 1.54) is 0 Å². The molecule has 1 aliphatic rings. The van der Waals surface area contributed by atoms with E-state index in [-0.39, 0.29) is 4.90 Å². The number of aliphatic hydroxyl groups is 1. The molecule has 0 aromatic heterocycles. The van der Waals surface area contributed by atoms with E-state index in [4.69, 9.17) is 4.74 Å². The van der Waals surface area contributed by atoms with E-state index in [0.29, 0.717) is 12.0 Å². The van der Waals surface area contributed by atoms with Crippen LogP contribution in [0, 0.1) is 12.8 Å². The van der Waals surface area contributed by atoms with Crippen molar-refractivity contribution in [2.24, 2.45) is 5.92 Å². The van der Waals surface area contributed by atoms with Crippen LogP contribution in [0.5, 0.6) is 0 Å². The maximum Gasteiger partial charge on any atom is 0.312 e. The summed E-state index contributed by atoms with van der Waals surface area (Å²) in [6.45, 7) is 3.49. The predicted molar refractivity (Wildman–Crippen MR) is 125 cm³/mol. The highest BCUT2D eigenvalue weighted by Gasteiger charge is 2.39.